The van der Waals surface area contributed by atoms with E-state index in [-0.39, 0.29) is 17.6 Å². The number of rotatable bonds is 8. The van der Waals surface area contributed by atoms with E-state index in [0.717, 1.165) is 19.3 Å². The highest BCUT2D eigenvalue weighted by Crippen LogP contribution is 2.28. The van der Waals surface area contributed by atoms with Crippen LogP contribution in [0.3, 0.4) is 0 Å². The molecule has 6 nitrogen and oxygen atoms in total. The molecule has 0 saturated carbocycles. The lowest BCUT2D eigenvalue weighted by Crippen LogP contribution is -2.14. The monoisotopic (exact) mass is 330 g/mol. The molecule has 1 aromatic heterocycles. The summed E-state index contributed by atoms with van der Waals surface area (Å²) < 4.78 is 10.3. The molecule has 0 atom stereocenters. The predicted molar refractivity (Wildman–Crippen MR) is 92.4 cm³/mol. The first-order chi connectivity index (χ1) is 11.6. The van der Waals surface area contributed by atoms with E-state index in [2.05, 4.69) is 17.6 Å². The highest BCUT2D eigenvalue weighted by Gasteiger charge is 2.12. The summed E-state index contributed by atoms with van der Waals surface area (Å²) in [6.45, 7) is 2.09. The van der Waals surface area contributed by atoms with E-state index in [4.69, 9.17) is 9.15 Å². The van der Waals surface area contributed by atoms with E-state index in [9.17, 15) is 9.59 Å². The number of amides is 2. The minimum atomic E-state index is -0.356. The Kier molecular flexibility index (Phi) is 6.42. The van der Waals surface area contributed by atoms with E-state index < -0.39 is 0 Å². The Balaban J connectivity index is 2.06. The Hall–Kier alpha value is -2.76. The molecule has 0 saturated heterocycles. The molecule has 2 amide bonds. The first-order valence-corrected chi connectivity index (χ1v) is 7.96. The molecule has 0 spiro atoms. The molecule has 0 bridgehead atoms. The predicted octanol–water partition coefficient (Wildman–Crippen LogP) is 4.06. The summed E-state index contributed by atoms with van der Waals surface area (Å²) in [6, 6.07) is 8.28. The molecule has 2 rings (SSSR count). The zero-order valence-corrected chi connectivity index (χ0v) is 13.9. The third kappa shape index (κ3) is 4.87. The Morgan fingerprint density at radius 1 is 1.17 bits per heavy atom. The fourth-order valence-corrected chi connectivity index (χ4v) is 2.23. The summed E-state index contributed by atoms with van der Waals surface area (Å²) >= 11 is 0. The van der Waals surface area contributed by atoms with Crippen LogP contribution in [0.4, 0.5) is 11.4 Å². The number of hydrogen-bond donors (Lipinski definition) is 2. The quantitative estimate of drug-likeness (QED) is 0.715. The van der Waals surface area contributed by atoms with Crippen LogP contribution in [0.25, 0.3) is 0 Å². The summed E-state index contributed by atoms with van der Waals surface area (Å²) in [7, 11) is 1.53. The summed E-state index contributed by atoms with van der Waals surface area (Å²) in [5.74, 6) is 0.326. The van der Waals surface area contributed by atoms with Crippen LogP contribution in [0, 0.1) is 0 Å². The number of methoxy groups -OCH3 is 1. The fourth-order valence-electron chi connectivity index (χ4n) is 2.23. The summed E-state index contributed by atoms with van der Waals surface area (Å²) in [5, 5.41) is 5.55. The van der Waals surface area contributed by atoms with Crippen LogP contribution in [-0.2, 0) is 4.79 Å². The van der Waals surface area contributed by atoms with E-state index in [1.165, 1.54) is 13.4 Å². The standard InChI is InChI=1S/C18H22N2O4/c1-3-4-5-8-17(21)20-14-12-13(9-10-15(14)23-2)19-18(22)16-7-6-11-24-16/h6-7,9-12H,3-5,8H2,1-2H3,(H,19,22)(H,20,21). The first kappa shape index (κ1) is 17.6. The third-order valence-corrected chi connectivity index (χ3v) is 3.48. The van der Waals surface area contributed by atoms with Gasteiger partial charge < -0.3 is 19.8 Å². The Morgan fingerprint density at radius 2 is 2.00 bits per heavy atom. The van der Waals surface area contributed by atoms with Gasteiger partial charge in [-0.15, -0.1) is 0 Å². The van der Waals surface area contributed by atoms with Gasteiger partial charge in [-0.25, -0.2) is 0 Å². The maximum absolute atomic E-state index is 12.0. The lowest BCUT2D eigenvalue weighted by molar-refractivity contribution is -0.116. The number of carbonyl (C=O) groups excluding carboxylic acids is 2. The zero-order chi connectivity index (χ0) is 17.4. The van der Waals surface area contributed by atoms with Crippen LogP contribution >= 0.6 is 0 Å². The van der Waals surface area contributed by atoms with Gasteiger partial charge in [0, 0.05) is 12.1 Å². The summed E-state index contributed by atoms with van der Waals surface area (Å²) in [4.78, 5) is 24.0. The third-order valence-electron chi connectivity index (χ3n) is 3.48. The van der Waals surface area contributed by atoms with Gasteiger partial charge in [0.2, 0.25) is 5.91 Å². The van der Waals surface area contributed by atoms with Gasteiger partial charge in [-0.3, -0.25) is 9.59 Å². The van der Waals surface area contributed by atoms with Gasteiger partial charge in [-0.05, 0) is 36.8 Å². The largest absolute Gasteiger partial charge is 0.495 e. The highest BCUT2D eigenvalue weighted by atomic mass is 16.5. The molecule has 2 aromatic rings. The molecule has 0 fully saturated rings. The number of nitrogens with one attached hydrogen (secondary N) is 2. The molecule has 0 radical (unpaired) electrons. The van der Waals surface area contributed by atoms with E-state index in [0.29, 0.717) is 23.5 Å². The second kappa shape index (κ2) is 8.76. The van der Waals surface area contributed by atoms with Gasteiger partial charge in [0.25, 0.3) is 5.91 Å². The van der Waals surface area contributed by atoms with Crippen LogP contribution in [0.1, 0.15) is 43.2 Å². The van der Waals surface area contributed by atoms with Gasteiger partial charge >= 0.3 is 0 Å². The van der Waals surface area contributed by atoms with Crippen molar-refractivity contribution in [1.29, 1.82) is 0 Å². The highest BCUT2D eigenvalue weighted by molar-refractivity contribution is 6.03. The molecular formula is C18H22N2O4. The number of hydrogen-bond acceptors (Lipinski definition) is 4. The van der Waals surface area contributed by atoms with Crippen molar-refractivity contribution < 1.29 is 18.7 Å². The Labute approximate surface area is 141 Å². The summed E-state index contributed by atoms with van der Waals surface area (Å²) in [6.07, 6.45) is 4.82. The SMILES string of the molecule is CCCCCC(=O)Nc1cc(NC(=O)c2ccco2)ccc1OC. The van der Waals surface area contributed by atoms with Crippen LogP contribution in [0.2, 0.25) is 0 Å². The number of ether oxygens (including phenoxy) is 1. The van der Waals surface area contributed by atoms with Crippen LogP contribution in [0.5, 0.6) is 5.75 Å². The number of unbranched alkanes of at least 4 members (excludes halogenated alkanes) is 2. The second-order valence-corrected chi connectivity index (χ2v) is 5.35. The molecule has 2 N–H and O–H groups in total. The van der Waals surface area contributed by atoms with Crippen molar-refractivity contribution in [2.24, 2.45) is 0 Å². The van der Waals surface area contributed by atoms with Gasteiger partial charge in [-0.2, -0.15) is 0 Å². The zero-order valence-electron chi connectivity index (χ0n) is 13.9. The molecular weight excluding hydrogens is 308 g/mol. The molecule has 0 aliphatic carbocycles. The fraction of sp³-hybridized carbons (Fsp3) is 0.333. The average molecular weight is 330 g/mol. The molecule has 0 aliphatic heterocycles. The summed E-state index contributed by atoms with van der Waals surface area (Å²) in [5.41, 5.74) is 1.07. The van der Waals surface area contributed by atoms with Crippen LogP contribution in [-0.4, -0.2) is 18.9 Å². The van der Waals surface area contributed by atoms with Crippen molar-refractivity contribution in [3.05, 3.63) is 42.4 Å². The number of benzene rings is 1. The van der Waals surface area contributed by atoms with Crippen molar-refractivity contribution in [3.8, 4) is 5.75 Å². The Morgan fingerprint density at radius 3 is 2.67 bits per heavy atom. The lowest BCUT2D eigenvalue weighted by Gasteiger charge is -2.12. The molecule has 1 aromatic carbocycles. The molecule has 0 unspecified atom stereocenters. The van der Waals surface area contributed by atoms with Crippen LogP contribution < -0.4 is 15.4 Å². The van der Waals surface area contributed by atoms with Crippen molar-refractivity contribution >= 4 is 23.2 Å². The van der Waals surface area contributed by atoms with Crippen molar-refractivity contribution in [1.82, 2.24) is 0 Å². The number of carbonyl (C=O) groups is 2. The van der Waals surface area contributed by atoms with Gasteiger partial charge in [0.05, 0.1) is 19.1 Å². The normalized spacial score (nSPS) is 10.2. The van der Waals surface area contributed by atoms with E-state index in [1.54, 1.807) is 30.3 Å². The lowest BCUT2D eigenvalue weighted by atomic mass is 10.2. The van der Waals surface area contributed by atoms with Gasteiger partial charge in [0.15, 0.2) is 5.76 Å². The smallest absolute Gasteiger partial charge is 0.291 e. The van der Waals surface area contributed by atoms with Crippen molar-refractivity contribution in [2.75, 3.05) is 17.7 Å². The minimum Gasteiger partial charge on any atom is -0.495 e. The Bertz CT molecular complexity index is 680. The maximum atomic E-state index is 12.0. The number of furan rings is 1. The second-order valence-electron chi connectivity index (χ2n) is 5.35. The molecule has 24 heavy (non-hydrogen) atoms. The van der Waals surface area contributed by atoms with Gasteiger partial charge in [0.1, 0.15) is 5.75 Å². The van der Waals surface area contributed by atoms with E-state index in [1.807, 2.05) is 0 Å². The van der Waals surface area contributed by atoms with Crippen molar-refractivity contribution in [3.63, 3.8) is 0 Å². The van der Waals surface area contributed by atoms with Crippen molar-refractivity contribution in [2.45, 2.75) is 32.6 Å². The average Bonchev–Trinajstić information content (AvgIpc) is 3.10. The molecule has 1 heterocycles. The first-order valence-electron chi connectivity index (χ1n) is 7.96. The topological polar surface area (TPSA) is 80.6 Å². The molecule has 6 heteroatoms. The molecule has 0 aliphatic rings. The minimum absolute atomic E-state index is 0.0729. The van der Waals surface area contributed by atoms with Gasteiger partial charge in [-0.1, -0.05) is 19.8 Å². The molecule has 128 valence electrons. The number of anilines is 2. The maximum Gasteiger partial charge on any atom is 0.291 e. The van der Waals surface area contributed by atoms with E-state index >= 15 is 0 Å². The van der Waals surface area contributed by atoms with Crippen LogP contribution in [0.15, 0.2) is 41.0 Å².